The second-order valence-electron chi connectivity index (χ2n) is 9.20. The molecule has 5 heteroatoms. The van der Waals surface area contributed by atoms with Crippen molar-refractivity contribution in [2.24, 2.45) is 4.99 Å². The Morgan fingerprint density at radius 3 is 2.59 bits per heavy atom. The maximum absolute atomic E-state index is 4.98. The third-order valence-corrected chi connectivity index (χ3v) is 15.0. The molecule has 0 aliphatic carbocycles. The summed E-state index contributed by atoms with van der Waals surface area (Å²) < 4.78 is 2.81. The second kappa shape index (κ2) is 9.04. The van der Waals surface area contributed by atoms with Crippen molar-refractivity contribution in [3.63, 3.8) is 0 Å². The second-order valence-corrected chi connectivity index (χ2v) is 16.3. The first-order valence-corrected chi connectivity index (χ1v) is 15.9. The van der Waals surface area contributed by atoms with Crippen molar-refractivity contribution in [2.75, 3.05) is 38.5 Å². The summed E-state index contributed by atoms with van der Waals surface area (Å²) in [6.45, 7) is 12.4. The van der Waals surface area contributed by atoms with Gasteiger partial charge in [0.2, 0.25) is 7.38 Å². The van der Waals surface area contributed by atoms with Crippen molar-refractivity contribution in [3.05, 3.63) is 77.9 Å². The maximum atomic E-state index is 4.98. The summed E-state index contributed by atoms with van der Waals surface area (Å²) in [5.41, 5.74) is 2.74. The summed E-state index contributed by atoms with van der Waals surface area (Å²) in [4.78, 5) is 7.53. The molecular formula is C27H33N3SSi. The van der Waals surface area contributed by atoms with Crippen LogP contribution < -0.4 is 5.19 Å². The van der Waals surface area contributed by atoms with Gasteiger partial charge in [0.15, 0.2) is 0 Å². The standard InChI is InChI=1S/C27H33N3SSi/c1-21-11-13-24(14-12-21)32(3)30(19-20-31-32)18-17-29-16-15-28-27(29)22(2)25-10-6-8-23-7-4-5-9-26(23)25/h4-14,22H,15-20H2,1-3H3. The number of hydrogen-bond donors (Lipinski definition) is 0. The van der Waals surface area contributed by atoms with Crippen molar-refractivity contribution in [1.29, 1.82) is 0 Å². The number of amidine groups is 1. The minimum Gasteiger partial charge on any atom is -0.357 e. The zero-order valence-electron chi connectivity index (χ0n) is 19.4. The van der Waals surface area contributed by atoms with E-state index in [2.05, 4.69) is 108 Å². The molecule has 0 aromatic heterocycles. The fourth-order valence-electron chi connectivity index (χ4n) is 5.26. The number of rotatable bonds is 6. The van der Waals surface area contributed by atoms with Crippen LogP contribution in [0, 0.1) is 6.92 Å². The lowest BCUT2D eigenvalue weighted by atomic mass is 9.93. The molecule has 2 heterocycles. The molecule has 2 aliphatic heterocycles. The number of aryl methyl sites for hydroxylation is 1. The molecule has 0 radical (unpaired) electrons. The van der Waals surface area contributed by atoms with Gasteiger partial charge in [-0.25, -0.2) is 0 Å². The van der Waals surface area contributed by atoms with Gasteiger partial charge in [-0.15, -0.1) is 0 Å². The van der Waals surface area contributed by atoms with Gasteiger partial charge in [-0.3, -0.25) is 4.99 Å². The van der Waals surface area contributed by atoms with E-state index >= 15 is 0 Å². The normalized spacial score (nSPS) is 22.5. The van der Waals surface area contributed by atoms with E-state index in [0.29, 0.717) is 5.92 Å². The van der Waals surface area contributed by atoms with Crippen LogP contribution in [0.25, 0.3) is 10.8 Å². The minimum atomic E-state index is -1.65. The molecule has 1 saturated heterocycles. The lowest BCUT2D eigenvalue weighted by Gasteiger charge is -2.34. The Morgan fingerprint density at radius 1 is 0.969 bits per heavy atom. The predicted molar refractivity (Wildman–Crippen MR) is 143 cm³/mol. The lowest BCUT2D eigenvalue weighted by Crippen LogP contribution is -2.56. The molecule has 2 unspecified atom stereocenters. The highest BCUT2D eigenvalue weighted by Crippen LogP contribution is 2.32. The van der Waals surface area contributed by atoms with Gasteiger partial charge >= 0.3 is 0 Å². The van der Waals surface area contributed by atoms with Crippen LogP contribution in [0.15, 0.2) is 71.7 Å². The molecule has 1 fully saturated rings. The van der Waals surface area contributed by atoms with E-state index in [1.165, 1.54) is 40.0 Å². The Labute approximate surface area is 197 Å². The molecule has 0 spiro atoms. The van der Waals surface area contributed by atoms with Gasteiger partial charge in [0, 0.05) is 37.8 Å². The first-order chi connectivity index (χ1) is 15.6. The number of benzene rings is 3. The van der Waals surface area contributed by atoms with Gasteiger partial charge in [0.05, 0.1) is 6.54 Å². The molecule has 5 rings (SSSR count). The van der Waals surface area contributed by atoms with Crippen LogP contribution in [-0.2, 0) is 0 Å². The summed E-state index contributed by atoms with van der Waals surface area (Å²) in [7, 11) is -1.65. The Hall–Kier alpha value is -2.08. The fourth-order valence-corrected chi connectivity index (χ4v) is 12.2. The number of aliphatic imine (C=N–C) groups is 1. The maximum Gasteiger partial charge on any atom is 0.220 e. The first kappa shape index (κ1) is 21.7. The molecule has 32 heavy (non-hydrogen) atoms. The average Bonchev–Trinajstić information content (AvgIpc) is 3.44. The van der Waals surface area contributed by atoms with Gasteiger partial charge in [0.1, 0.15) is 5.84 Å². The molecule has 2 atom stereocenters. The van der Waals surface area contributed by atoms with E-state index in [1.807, 2.05) is 0 Å². The highest BCUT2D eigenvalue weighted by molar-refractivity contribution is 8.30. The van der Waals surface area contributed by atoms with Crippen molar-refractivity contribution in [2.45, 2.75) is 26.3 Å². The molecule has 3 aromatic rings. The molecule has 2 aliphatic rings. The monoisotopic (exact) mass is 459 g/mol. The molecule has 0 saturated carbocycles. The Morgan fingerprint density at radius 2 is 1.75 bits per heavy atom. The molecule has 0 amide bonds. The predicted octanol–water partition coefficient (Wildman–Crippen LogP) is 4.99. The average molecular weight is 460 g/mol. The van der Waals surface area contributed by atoms with Crippen molar-refractivity contribution in [1.82, 2.24) is 9.47 Å². The zero-order valence-corrected chi connectivity index (χ0v) is 21.2. The number of fused-ring (bicyclic) bond motifs is 1. The van der Waals surface area contributed by atoms with Crippen LogP contribution in [0.2, 0.25) is 6.55 Å². The highest BCUT2D eigenvalue weighted by Gasteiger charge is 2.42. The Kier molecular flexibility index (Phi) is 6.15. The van der Waals surface area contributed by atoms with Gasteiger partial charge in [-0.2, -0.15) is 11.2 Å². The van der Waals surface area contributed by atoms with E-state index in [9.17, 15) is 0 Å². The Bertz CT molecular complexity index is 1120. The van der Waals surface area contributed by atoms with E-state index in [4.69, 9.17) is 4.99 Å². The summed E-state index contributed by atoms with van der Waals surface area (Å²) >= 11 is 2.22. The van der Waals surface area contributed by atoms with E-state index in [1.54, 1.807) is 5.19 Å². The Balaban J connectivity index is 1.31. The van der Waals surface area contributed by atoms with E-state index in [0.717, 1.165) is 26.2 Å². The van der Waals surface area contributed by atoms with Crippen molar-refractivity contribution < 1.29 is 0 Å². The molecular weight excluding hydrogens is 426 g/mol. The summed E-state index contributed by atoms with van der Waals surface area (Å²) in [6, 6.07) is 24.7. The number of nitrogens with zero attached hydrogens (tertiary/aromatic N) is 3. The third-order valence-electron chi connectivity index (χ3n) is 7.22. The van der Waals surface area contributed by atoms with Crippen LogP contribution >= 0.6 is 11.2 Å². The van der Waals surface area contributed by atoms with Gasteiger partial charge < -0.3 is 9.47 Å². The van der Waals surface area contributed by atoms with Crippen molar-refractivity contribution in [3.8, 4) is 0 Å². The molecule has 166 valence electrons. The lowest BCUT2D eigenvalue weighted by molar-refractivity contribution is 0.371. The van der Waals surface area contributed by atoms with Crippen LogP contribution in [0.4, 0.5) is 0 Å². The van der Waals surface area contributed by atoms with Crippen LogP contribution in [0.1, 0.15) is 24.0 Å². The van der Waals surface area contributed by atoms with E-state index in [-0.39, 0.29) is 0 Å². The highest BCUT2D eigenvalue weighted by atomic mass is 32.4. The quantitative estimate of drug-likeness (QED) is 0.484. The summed E-state index contributed by atoms with van der Waals surface area (Å²) in [6.07, 6.45) is 0. The molecule has 3 nitrogen and oxygen atoms in total. The van der Waals surface area contributed by atoms with Crippen LogP contribution in [0.3, 0.4) is 0 Å². The smallest absolute Gasteiger partial charge is 0.220 e. The van der Waals surface area contributed by atoms with Gasteiger partial charge in [-0.1, -0.05) is 79.2 Å². The summed E-state index contributed by atoms with van der Waals surface area (Å²) in [5.74, 6) is 2.84. The minimum absolute atomic E-state index is 0.317. The fraction of sp³-hybridized carbons (Fsp3) is 0.370. The largest absolute Gasteiger partial charge is 0.357 e. The summed E-state index contributed by atoms with van der Waals surface area (Å²) in [5, 5.41) is 4.23. The SMILES string of the molecule is Cc1ccc([Si]2(C)SCCN2CCN2CCN=C2C(C)c2cccc3ccccc23)cc1. The zero-order chi connectivity index (χ0) is 22.1. The third kappa shape index (κ3) is 4.02. The molecule has 0 bridgehead atoms. The van der Waals surface area contributed by atoms with Crippen LogP contribution in [-0.4, -0.2) is 61.2 Å². The first-order valence-electron chi connectivity index (χ1n) is 11.8. The van der Waals surface area contributed by atoms with Gasteiger partial charge in [0.25, 0.3) is 0 Å². The number of hydrogen-bond acceptors (Lipinski definition) is 4. The molecule has 3 aromatic carbocycles. The van der Waals surface area contributed by atoms with Crippen LogP contribution in [0.5, 0.6) is 0 Å². The topological polar surface area (TPSA) is 18.8 Å². The van der Waals surface area contributed by atoms with Crippen molar-refractivity contribution >= 4 is 40.4 Å². The van der Waals surface area contributed by atoms with E-state index < -0.39 is 7.38 Å². The van der Waals surface area contributed by atoms with Gasteiger partial charge in [-0.05, 0) is 35.0 Å². The molecule has 0 N–H and O–H groups in total.